The molecule has 22 heavy (non-hydrogen) atoms. The van der Waals surface area contributed by atoms with E-state index in [0.29, 0.717) is 30.9 Å². The van der Waals surface area contributed by atoms with Gasteiger partial charge in [0.25, 0.3) is 5.91 Å². The summed E-state index contributed by atoms with van der Waals surface area (Å²) >= 11 is 0. The Hall–Kier alpha value is -1.04. The average Bonchev–Trinajstić information content (AvgIpc) is 2.48. The van der Waals surface area contributed by atoms with E-state index in [9.17, 15) is 14.7 Å². The molecule has 0 aliphatic heterocycles. The molecule has 0 aliphatic carbocycles. The van der Waals surface area contributed by atoms with E-state index in [4.69, 9.17) is 4.74 Å². The molecule has 0 aromatic heterocycles. The maximum absolute atomic E-state index is 12.0. The Morgan fingerprint density at radius 3 is 2.59 bits per heavy atom. The second-order valence-corrected chi connectivity index (χ2v) is 4.78. The van der Waals surface area contributed by atoms with Gasteiger partial charge < -0.3 is 20.0 Å². The number of carbonyl (C=O) groups is 2. The number of unbranched alkanes of at least 4 members (excludes halogenated alkanes) is 2. The number of benzene rings is 1. The van der Waals surface area contributed by atoms with E-state index in [1.807, 2.05) is 6.07 Å². The number of para-hydroxylation sites is 1. The van der Waals surface area contributed by atoms with Crippen LogP contribution in [0.15, 0.2) is 24.3 Å². The van der Waals surface area contributed by atoms with Crippen molar-refractivity contribution in [3.8, 4) is 5.75 Å². The number of nitrogens with one attached hydrogen (secondary N) is 1. The van der Waals surface area contributed by atoms with Gasteiger partial charge in [-0.15, -0.1) is 0 Å². The van der Waals surface area contributed by atoms with Crippen LogP contribution >= 0.6 is 0 Å². The van der Waals surface area contributed by atoms with Crippen molar-refractivity contribution in [2.75, 3.05) is 13.2 Å². The Morgan fingerprint density at radius 1 is 1.18 bits per heavy atom. The molecule has 0 saturated heterocycles. The van der Waals surface area contributed by atoms with E-state index < -0.39 is 5.97 Å². The molecule has 0 heterocycles. The van der Waals surface area contributed by atoms with Gasteiger partial charge in [-0.1, -0.05) is 31.9 Å². The molecule has 0 fully saturated rings. The first-order valence-electron chi connectivity index (χ1n) is 7.35. The molecule has 6 heteroatoms. The SMILES string of the molecule is CCCCCOc1ccccc1C(=O)NCCCC(=O)[O-].[Na+]. The summed E-state index contributed by atoms with van der Waals surface area (Å²) in [5, 5.41) is 13.0. The standard InChI is InChI=1S/C16H23NO4.Na/c1-2-3-6-12-21-14-9-5-4-8-13(14)16(20)17-11-7-10-15(18)19;/h4-5,8-9H,2-3,6-7,10-12H2,1H3,(H,17,20)(H,18,19);/q;+1/p-1. The van der Waals surface area contributed by atoms with E-state index in [1.54, 1.807) is 18.2 Å². The topological polar surface area (TPSA) is 78.5 Å². The van der Waals surface area contributed by atoms with Crippen LogP contribution in [0, 0.1) is 0 Å². The fourth-order valence-electron chi connectivity index (χ4n) is 1.84. The minimum absolute atomic E-state index is 0. The third-order valence-corrected chi connectivity index (χ3v) is 2.98. The zero-order chi connectivity index (χ0) is 15.5. The van der Waals surface area contributed by atoms with Crippen molar-refractivity contribution in [1.82, 2.24) is 5.32 Å². The summed E-state index contributed by atoms with van der Waals surface area (Å²) in [6, 6.07) is 7.06. The van der Waals surface area contributed by atoms with Gasteiger partial charge in [0.2, 0.25) is 0 Å². The zero-order valence-corrected chi connectivity index (χ0v) is 15.4. The maximum Gasteiger partial charge on any atom is 1.00 e. The summed E-state index contributed by atoms with van der Waals surface area (Å²) in [7, 11) is 0. The molecule has 1 amide bonds. The van der Waals surface area contributed by atoms with Gasteiger partial charge in [-0.2, -0.15) is 0 Å². The molecule has 0 radical (unpaired) electrons. The molecule has 0 bridgehead atoms. The van der Waals surface area contributed by atoms with Crippen molar-refractivity contribution < 1.29 is 49.0 Å². The van der Waals surface area contributed by atoms with Gasteiger partial charge in [-0.3, -0.25) is 4.79 Å². The van der Waals surface area contributed by atoms with Gasteiger partial charge in [0, 0.05) is 12.5 Å². The summed E-state index contributed by atoms with van der Waals surface area (Å²) in [6.07, 6.45) is 3.46. The number of hydrogen-bond donors (Lipinski definition) is 1. The van der Waals surface area contributed by atoms with E-state index in [-0.39, 0.29) is 41.9 Å². The van der Waals surface area contributed by atoms with Crippen molar-refractivity contribution in [3.63, 3.8) is 0 Å². The quantitative estimate of drug-likeness (QED) is 0.422. The Bertz CT molecular complexity index is 465. The number of rotatable bonds is 10. The predicted octanol–water partition coefficient (Wildman–Crippen LogP) is -1.48. The smallest absolute Gasteiger partial charge is 0.550 e. The van der Waals surface area contributed by atoms with E-state index >= 15 is 0 Å². The summed E-state index contributed by atoms with van der Waals surface area (Å²) < 4.78 is 5.64. The first kappa shape index (κ1) is 21.0. The van der Waals surface area contributed by atoms with E-state index in [2.05, 4.69) is 12.2 Å². The number of ether oxygens (including phenoxy) is 1. The molecule has 1 aromatic rings. The Balaban J connectivity index is 0.00000441. The first-order chi connectivity index (χ1) is 10.1. The monoisotopic (exact) mass is 315 g/mol. The van der Waals surface area contributed by atoms with E-state index in [1.165, 1.54) is 0 Å². The molecule has 0 atom stereocenters. The van der Waals surface area contributed by atoms with Crippen LogP contribution in [-0.4, -0.2) is 25.0 Å². The maximum atomic E-state index is 12.0. The van der Waals surface area contributed by atoms with Gasteiger partial charge in [0.15, 0.2) is 0 Å². The van der Waals surface area contributed by atoms with Crippen LogP contribution in [0.3, 0.4) is 0 Å². The van der Waals surface area contributed by atoms with Crippen LogP contribution < -0.4 is 44.7 Å². The molecule has 1 rings (SSSR count). The van der Waals surface area contributed by atoms with Gasteiger partial charge in [-0.25, -0.2) is 0 Å². The Kier molecular flexibility index (Phi) is 11.9. The molecule has 0 aliphatic rings. The molecule has 116 valence electrons. The van der Waals surface area contributed by atoms with Crippen LogP contribution in [0.25, 0.3) is 0 Å². The normalized spacial score (nSPS) is 9.68. The molecule has 1 N–H and O–H groups in total. The number of carbonyl (C=O) groups excluding carboxylic acids is 2. The van der Waals surface area contributed by atoms with Gasteiger partial charge in [-0.05, 0) is 31.4 Å². The van der Waals surface area contributed by atoms with Crippen molar-refractivity contribution in [3.05, 3.63) is 29.8 Å². The largest absolute Gasteiger partial charge is 1.00 e. The van der Waals surface area contributed by atoms with E-state index in [0.717, 1.165) is 19.3 Å². The van der Waals surface area contributed by atoms with Gasteiger partial charge in [0.05, 0.1) is 12.2 Å². The minimum Gasteiger partial charge on any atom is -0.550 e. The Labute approximate surface area is 153 Å². The fourth-order valence-corrected chi connectivity index (χ4v) is 1.84. The van der Waals surface area contributed by atoms with Crippen LogP contribution in [0.1, 0.15) is 49.4 Å². The summed E-state index contributed by atoms with van der Waals surface area (Å²) in [6.45, 7) is 3.01. The predicted molar refractivity (Wildman–Crippen MR) is 78.0 cm³/mol. The number of carboxylic acids is 1. The van der Waals surface area contributed by atoms with Crippen LogP contribution in [0.4, 0.5) is 0 Å². The zero-order valence-electron chi connectivity index (χ0n) is 13.4. The van der Waals surface area contributed by atoms with Crippen molar-refractivity contribution >= 4 is 11.9 Å². The Morgan fingerprint density at radius 2 is 1.91 bits per heavy atom. The molecule has 0 unspecified atom stereocenters. The molecular formula is C16H22NNaO4. The number of hydrogen-bond acceptors (Lipinski definition) is 4. The summed E-state index contributed by atoms with van der Waals surface area (Å²) in [5.74, 6) is -0.797. The van der Waals surface area contributed by atoms with Crippen molar-refractivity contribution in [2.45, 2.75) is 39.0 Å². The summed E-state index contributed by atoms with van der Waals surface area (Å²) in [5.41, 5.74) is 0.474. The van der Waals surface area contributed by atoms with Crippen LogP contribution in [-0.2, 0) is 4.79 Å². The summed E-state index contributed by atoms with van der Waals surface area (Å²) in [4.78, 5) is 22.3. The average molecular weight is 315 g/mol. The van der Waals surface area contributed by atoms with Crippen molar-refractivity contribution in [2.24, 2.45) is 0 Å². The van der Waals surface area contributed by atoms with Crippen LogP contribution in [0.2, 0.25) is 0 Å². The van der Waals surface area contributed by atoms with Crippen LogP contribution in [0.5, 0.6) is 5.75 Å². The molecule has 5 nitrogen and oxygen atoms in total. The second-order valence-electron chi connectivity index (χ2n) is 4.78. The number of carboxylic acid groups (broad SMARTS) is 1. The fraction of sp³-hybridized carbons (Fsp3) is 0.500. The molecule has 1 aromatic carbocycles. The third kappa shape index (κ3) is 8.41. The van der Waals surface area contributed by atoms with Gasteiger partial charge >= 0.3 is 29.6 Å². The van der Waals surface area contributed by atoms with Gasteiger partial charge in [0.1, 0.15) is 5.75 Å². The second kappa shape index (κ2) is 12.5. The third-order valence-electron chi connectivity index (χ3n) is 2.98. The molecule has 0 spiro atoms. The minimum atomic E-state index is -1.11. The number of amides is 1. The molecular weight excluding hydrogens is 293 g/mol. The first-order valence-corrected chi connectivity index (χ1v) is 7.35. The molecule has 0 saturated carbocycles. The van der Waals surface area contributed by atoms with Crippen molar-refractivity contribution in [1.29, 1.82) is 0 Å². The number of aliphatic carboxylic acids is 1.